The second kappa shape index (κ2) is 2.54. The van der Waals surface area contributed by atoms with Crippen molar-refractivity contribution in [2.45, 2.75) is 10.8 Å². The highest BCUT2D eigenvalue weighted by atomic mass is 79.9. The average molecular weight is 247 g/mol. The molecule has 1 aliphatic heterocycles. The number of nitrogens with zero attached hydrogens (tertiary/aromatic N) is 2. The summed E-state index contributed by atoms with van der Waals surface area (Å²) in [5.74, 6) is 0.868. The van der Waals surface area contributed by atoms with Crippen molar-refractivity contribution in [3.05, 3.63) is 23.9 Å². The molecule has 2 heterocycles. The molecule has 0 saturated heterocycles. The van der Waals surface area contributed by atoms with Gasteiger partial charge in [0.25, 0.3) is 3.91 Å². The fraction of sp³-hybridized carbons (Fsp3) is 0.250. The largest absolute Gasteiger partial charge is 0.325 e. The maximum atomic E-state index is 6.10. The lowest BCUT2D eigenvalue weighted by Gasteiger charge is -2.06. The van der Waals surface area contributed by atoms with E-state index in [2.05, 4.69) is 20.9 Å². The van der Waals surface area contributed by atoms with Crippen LogP contribution >= 0.6 is 27.5 Å². The highest BCUT2D eigenvalue weighted by Crippen LogP contribution is 2.29. The Morgan fingerprint density at radius 3 is 3.08 bits per heavy atom. The molecule has 0 N–H and O–H groups in total. The molecule has 1 atom stereocenters. The Bertz CT molecular complexity index is 360. The summed E-state index contributed by atoms with van der Waals surface area (Å²) in [6.45, 7) is 2.02. The Morgan fingerprint density at radius 1 is 1.58 bits per heavy atom. The lowest BCUT2D eigenvalue weighted by Crippen LogP contribution is -2.46. The third kappa shape index (κ3) is 1.17. The summed E-state index contributed by atoms with van der Waals surface area (Å²) in [4.78, 5) is 4.15. The van der Waals surface area contributed by atoms with Crippen molar-refractivity contribution in [3.63, 3.8) is 0 Å². The van der Waals surface area contributed by atoms with Gasteiger partial charge in [-0.1, -0.05) is 0 Å². The molecule has 12 heavy (non-hydrogen) atoms. The maximum Gasteiger partial charge on any atom is 0.325 e. The molecule has 1 aromatic heterocycles. The molecule has 4 heteroatoms. The number of aliphatic imine (C=N–C) groups is 1. The van der Waals surface area contributed by atoms with Gasteiger partial charge in [0.05, 0.1) is 6.20 Å². The molecule has 0 spiro atoms. The van der Waals surface area contributed by atoms with Crippen LogP contribution in [0.3, 0.4) is 0 Å². The Labute approximate surface area is 84.0 Å². The maximum absolute atomic E-state index is 6.10. The number of hydrogen-bond acceptors (Lipinski definition) is 1. The van der Waals surface area contributed by atoms with Crippen molar-refractivity contribution in [1.82, 2.24) is 0 Å². The fourth-order valence-electron chi connectivity index (χ4n) is 1.15. The number of pyridine rings is 1. The van der Waals surface area contributed by atoms with Crippen LogP contribution < -0.4 is 4.57 Å². The van der Waals surface area contributed by atoms with E-state index in [1.807, 2.05) is 29.8 Å². The van der Waals surface area contributed by atoms with E-state index in [9.17, 15) is 0 Å². The number of aromatic nitrogens is 1. The summed E-state index contributed by atoms with van der Waals surface area (Å²) in [5.41, 5.74) is 1.16. The lowest BCUT2D eigenvalue weighted by atomic mass is 10.3. The van der Waals surface area contributed by atoms with Gasteiger partial charge >= 0.3 is 5.82 Å². The normalized spacial score (nSPS) is 25.9. The second-order valence-electron chi connectivity index (χ2n) is 2.78. The molecular weight excluding hydrogens is 239 g/mol. The molecule has 0 aromatic carbocycles. The van der Waals surface area contributed by atoms with Gasteiger partial charge in [0.2, 0.25) is 0 Å². The van der Waals surface area contributed by atoms with E-state index in [4.69, 9.17) is 11.6 Å². The van der Waals surface area contributed by atoms with Gasteiger partial charge < -0.3 is 0 Å². The first-order valence-corrected chi connectivity index (χ1v) is 4.72. The van der Waals surface area contributed by atoms with Crippen molar-refractivity contribution < 1.29 is 4.57 Å². The summed E-state index contributed by atoms with van der Waals surface area (Å²) in [5, 5.41) is 0. The van der Waals surface area contributed by atoms with E-state index in [0.29, 0.717) is 0 Å². The van der Waals surface area contributed by atoms with E-state index in [1.54, 1.807) is 6.21 Å². The molecule has 0 radical (unpaired) electrons. The van der Waals surface area contributed by atoms with Crippen LogP contribution in [0.1, 0.15) is 5.56 Å². The van der Waals surface area contributed by atoms with Crippen LogP contribution in [-0.4, -0.2) is 6.21 Å². The molecular formula is C8H7BrClN2+. The Morgan fingerprint density at radius 2 is 2.33 bits per heavy atom. The molecule has 0 saturated carbocycles. The molecule has 2 rings (SSSR count). The summed E-state index contributed by atoms with van der Waals surface area (Å²) in [6, 6.07) is 3.95. The van der Waals surface area contributed by atoms with Crippen LogP contribution in [0.5, 0.6) is 0 Å². The minimum absolute atomic E-state index is 0.672. The summed E-state index contributed by atoms with van der Waals surface area (Å²) in [6.07, 6.45) is 3.63. The SMILES string of the molecule is Cc1ccc2[n+](c1)C(Cl)(Br)C=N2. The van der Waals surface area contributed by atoms with E-state index in [0.717, 1.165) is 11.4 Å². The second-order valence-corrected chi connectivity index (χ2v) is 5.02. The molecule has 0 aliphatic carbocycles. The zero-order chi connectivity index (χ0) is 8.77. The predicted molar refractivity (Wildman–Crippen MR) is 52.3 cm³/mol. The van der Waals surface area contributed by atoms with Crippen LogP contribution in [0.4, 0.5) is 5.82 Å². The van der Waals surface area contributed by atoms with Gasteiger partial charge in [0, 0.05) is 6.07 Å². The minimum atomic E-state index is -0.672. The van der Waals surface area contributed by atoms with Crippen molar-refractivity contribution in [2.75, 3.05) is 0 Å². The Kier molecular flexibility index (Phi) is 1.73. The van der Waals surface area contributed by atoms with E-state index in [1.165, 1.54) is 0 Å². The van der Waals surface area contributed by atoms with Crippen LogP contribution in [0.2, 0.25) is 0 Å². The third-order valence-corrected chi connectivity index (χ3v) is 2.61. The Balaban J connectivity index is 2.63. The standard InChI is InChI=1S/C8H7BrClN2/c1-6-2-3-7-11-5-8(9,10)12(7)4-6/h2-5H,1H3/q+1. The van der Waals surface area contributed by atoms with Gasteiger partial charge in [-0.15, -0.1) is 0 Å². The first-order chi connectivity index (χ1) is 5.59. The molecule has 1 unspecified atom stereocenters. The quantitative estimate of drug-likeness (QED) is 0.493. The summed E-state index contributed by atoms with van der Waals surface area (Å²) < 4.78 is 1.21. The highest BCUT2D eigenvalue weighted by Gasteiger charge is 2.38. The molecule has 0 amide bonds. The number of fused-ring (bicyclic) bond motifs is 1. The van der Waals surface area contributed by atoms with Crippen LogP contribution in [0.15, 0.2) is 23.3 Å². The zero-order valence-electron chi connectivity index (χ0n) is 6.46. The minimum Gasteiger partial charge on any atom is -0.194 e. The Hall–Kier alpha value is -0.410. The third-order valence-electron chi connectivity index (χ3n) is 1.75. The number of alkyl halides is 2. The van der Waals surface area contributed by atoms with Gasteiger partial charge in [-0.25, -0.2) is 0 Å². The van der Waals surface area contributed by atoms with E-state index >= 15 is 0 Å². The average Bonchev–Trinajstić information content (AvgIpc) is 2.28. The van der Waals surface area contributed by atoms with Crippen molar-refractivity contribution in [1.29, 1.82) is 0 Å². The van der Waals surface area contributed by atoms with Crippen molar-refractivity contribution in [3.8, 4) is 0 Å². The van der Waals surface area contributed by atoms with Crippen LogP contribution in [0.25, 0.3) is 0 Å². The first kappa shape index (κ1) is 8.20. The fourth-order valence-corrected chi connectivity index (χ4v) is 1.72. The smallest absolute Gasteiger partial charge is 0.194 e. The van der Waals surface area contributed by atoms with Gasteiger partial charge in [-0.3, -0.25) is 0 Å². The van der Waals surface area contributed by atoms with Gasteiger partial charge in [-0.2, -0.15) is 4.57 Å². The van der Waals surface area contributed by atoms with Gasteiger partial charge in [0.15, 0.2) is 6.21 Å². The van der Waals surface area contributed by atoms with Crippen molar-refractivity contribution >= 4 is 39.6 Å². The van der Waals surface area contributed by atoms with E-state index < -0.39 is 3.91 Å². The number of hydrogen-bond donors (Lipinski definition) is 0. The molecule has 0 fully saturated rings. The van der Waals surface area contributed by atoms with Crippen molar-refractivity contribution in [2.24, 2.45) is 4.99 Å². The monoisotopic (exact) mass is 245 g/mol. The van der Waals surface area contributed by atoms with Gasteiger partial charge in [0.1, 0.15) is 0 Å². The molecule has 2 nitrogen and oxygen atoms in total. The number of rotatable bonds is 0. The number of aryl methyl sites for hydroxylation is 1. The van der Waals surface area contributed by atoms with Crippen LogP contribution in [0, 0.1) is 6.92 Å². The van der Waals surface area contributed by atoms with E-state index in [-0.39, 0.29) is 0 Å². The summed E-state index contributed by atoms with van der Waals surface area (Å²) in [7, 11) is 0. The summed E-state index contributed by atoms with van der Waals surface area (Å²) >= 11 is 9.45. The first-order valence-electron chi connectivity index (χ1n) is 3.55. The molecule has 0 bridgehead atoms. The zero-order valence-corrected chi connectivity index (χ0v) is 8.80. The lowest BCUT2D eigenvalue weighted by molar-refractivity contribution is -0.680. The van der Waals surface area contributed by atoms with Gasteiger partial charge in [-0.05, 0) is 51.1 Å². The molecule has 62 valence electrons. The topological polar surface area (TPSA) is 16.2 Å². The highest BCUT2D eigenvalue weighted by molar-refractivity contribution is 9.10. The predicted octanol–water partition coefficient (Wildman–Crippen LogP) is 2.24. The molecule has 1 aromatic rings. The molecule has 1 aliphatic rings. The number of halogens is 2. The van der Waals surface area contributed by atoms with Crippen LogP contribution in [-0.2, 0) is 3.91 Å².